The molecule has 0 saturated carbocycles. The van der Waals surface area contributed by atoms with Gasteiger partial charge in [-0.05, 0) is 25.0 Å². The molecule has 0 aliphatic carbocycles. The van der Waals surface area contributed by atoms with Crippen LogP contribution < -0.4 is 4.72 Å². The molecule has 0 bridgehead atoms. The Labute approximate surface area is 103 Å². The van der Waals surface area contributed by atoms with E-state index in [0.717, 1.165) is 19.3 Å². The zero-order valence-corrected chi connectivity index (χ0v) is 11.0. The molecule has 0 saturated heterocycles. The molecule has 0 spiro atoms. The van der Waals surface area contributed by atoms with E-state index in [2.05, 4.69) is 4.72 Å². The lowest BCUT2D eigenvalue weighted by Gasteiger charge is -2.16. The summed E-state index contributed by atoms with van der Waals surface area (Å²) in [6.45, 7) is 3.95. The molecule has 0 radical (unpaired) electrons. The van der Waals surface area contributed by atoms with E-state index in [1.165, 1.54) is 12.1 Å². The Kier molecular flexibility index (Phi) is 4.96. The van der Waals surface area contributed by atoms with Gasteiger partial charge in [0.1, 0.15) is 10.6 Å². The van der Waals surface area contributed by atoms with Crippen LogP contribution in [0.3, 0.4) is 0 Å². The summed E-state index contributed by atoms with van der Waals surface area (Å²) >= 11 is 0. The Morgan fingerprint density at radius 1 is 1.29 bits per heavy atom. The van der Waals surface area contributed by atoms with Crippen molar-refractivity contribution in [2.24, 2.45) is 0 Å². The number of benzene rings is 1. The van der Waals surface area contributed by atoms with Gasteiger partial charge in [-0.25, -0.2) is 13.1 Å². The van der Waals surface area contributed by atoms with Gasteiger partial charge in [-0.2, -0.15) is 0 Å². The lowest BCUT2D eigenvalue weighted by molar-refractivity contribution is 0.455. The number of phenols is 1. The average Bonchev–Trinajstić information content (AvgIpc) is 2.28. The van der Waals surface area contributed by atoms with E-state index in [1.807, 2.05) is 13.8 Å². The van der Waals surface area contributed by atoms with Crippen LogP contribution in [0.4, 0.5) is 0 Å². The van der Waals surface area contributed by atoms with Crippen molar-refractivity contribution in [2.75, 3.05) is 0 Å². The third-order valence-electron chi connectivity index (χ3n) is 2.61. The Balaban J connectivity index is 2.92. The third kappa shape index (κ3) is 3.71. The van der Waals surface area contributed by atoms with E-state index in [9.17, 15) is 13.5 Å². The summed E-state index contributed by atoms with van der Waals surface area (Å²) in [5, 5.41) is 9.54. The third-order valence-corrected chi connectivity index (χ3v) is 4.17. The van der Waals surface area contributed by atoms with Crippen molar-refractivity contribution in [3.63, 3.8) is 0 Å². The second kappa shape index (κ2) is 6.02. The van der Waals surface area contributed by atoms with E-state index in [-0.39, 0.29) is 16.7 Å². The molecule has 0 aromatic heterocycles. The number of sulfonamides is 1. The predicted molar refractivity (Wildman–Crippen MR) is 67.4 cm³/mol. The van der Waals surface area contributed by atoms with Gasteiger partial charge < -0.3 is 5.11 Å². The fourth-order valence-corrected chi connectivity index (χ4v) is 3.11. The largest absolute Gasteiger partial charge is 0.507 e. The van der Waals surface area contributed by atoms with Gasteiger partial charge in [-0.1, -0.05) is 32.4 Å². The fraction of sp³-hybridized carbons (Fsp3) is 0.500. The first kappa shape index (κ1) is 14.0. The maximum absolute atomic E-state index is 12.0. The number of rotatable bonds is 6. The molecule has 96 valence electrons. The smallest absolute Gasteiger partial charge is 0.244 e. The maximum atomic E-state index is 12.0. The van der Waals surface area contributed by atoms with Crippen LogP contribution in [0.1, 0.15) is 33.1 Å². The molecule has 0 fully saturated rings. The molecule has 0 aliphatic rings. The average molecular weight is 257 g/mol. The molecule has 17 heavy (non-hydrogen) atoms. The van der Waals surface area contributed by atoms with Crippen LogP contribution in [0, 0.1) is 0 Å². The van der Waals surface area contributed by atoms with Gasteiger partial charge in [0.15, 0.2) is 0 Å². The van der Waals surface area contributed by atoms with Gasteiger partial charge in [0, 0.05) is 6.04 Å². The van der Waals surface area contributed by atoms with Gasteiger partial charge >= 0.3 is 0 Å². The van der Waals surface area contributed by atoms with E-state index >= 15 is 0 Å². The second-order valence-corrected chi connectivity index (χ2v) is 5.67. The first-order valence-corrected chi connectivity index (χ1v) is 7.30. The zero-order chi connectivity index (χ0) is 12.9. The van der Waals surface area contributed by atoms with Crippen LogP contribution in [0.2, 0.25) is 0 Å². The Hall–Kier alpha value is -1.07. The molecular formula is C12H19NO3S. The first-order chi connectivity index (χ1) is 8.01. The van der Waals surface area contributed by atoms with Gasteiger partial charge in [-0.15, -0.1) is 0 Å². The van der Waals surface area contributed by atoms with E-state index in [1.54, 1.807) is 12.1 Å². The summed E-state index contributed by atoms with van der Waals surface area (Å²) in [7, 11) is -3.62. The summed E-state index contributed by atoms with van der Waals surface area (Å²) in [5.41, 5.74) is 0. The number of aromatic hydroxyl groups is 1. The van der Waals surface area contributed by atoms with Crippen molar-refractivity contribution in [3.05, 3.63) is 24.3 Å². The van der Waals surface area contributed by atoms with E-state index < -0.39 is 10.0 Å². The molecule has 0 heterocycles. The predicted octanol–water partition coefficient (Wildman–Crippen LogP) is 2.25. The fourth-order valence-electron chi connectivity index (χ4n) is 1.66. The number of para-hydroxylation sites is 1. The Bertz CT molecular complexity index is 457. The highest BCUT2D eigenvalue weighted by Crippen LogP contribution is 2.22. The monoisotopic (exact) mass is 257 g/mol. The zero-order valence-electron chi connectivity index (χ0n) is 10.2. The molecule has 0 aliphatic heterocycles. The molecule has 1 atom stereocenters. The second-order valence-electron chi connectivity index (χ2n) is 3.98. The van der Waals surface area contributed by atoms with Crippen LogP contribution in [0.15, 0.2) is 29.2 Å². The summed E-state index contributed by atoms with van der Waals surface area (Å²) < 4.78 is 26.7. The summed E-state index contributed by atoms with van der Waals surface area (Å²) in [6.07, 6.45) is 2.45. The Morgan fingerprint density at radius 2 is 1.94 bits per heavy atom. The molecule has 1 rings (SSSR count). The van der Waals surface area contributed by atoms with Crippen molar-refractivity contribution in [2.45, 2.75) is 44.0 Å². The van der Waals surface area contributed by atoms with Crippen LogP contribution in [-0.2, 0) is 10.0 Å². The summed E-state index contributed by atoms with van der Waals surface area (Å²) in [5.74, 6) is -0.216. The first-order valence-electron chi connectivity index (χ1n) is 5.81. The molecule has 4 nitrogen and oxygen atoms in total. The van der Waals surface area contributed by atoms with Crippen molar-refractivity contribution in [1.29, 1.82) is 0 Å². The minimum absolute atomic E-state index is 0.0606. The quantitative estimate of drug-likeness (QED) is 0.821. The van der Waals surface area contributed by atoms with Crippen LogP contribution in [0.25, 0.3) is 0 Å². The summed E-state index contributed by atoms with van der Waals surface area (Å²) in [4.78, 5) is -0.0606. The molecule has 0 amide bonds. The lowest BCUT2D eigenvalue weighted by Crippen LogP contribution is -2.34. The molecule has 2 N–H and O–H groups in total. The highest BCUT2D eigenvalue weighted by molar-refractivity contribution is 7.89. The number of hydrogen-bond donors (Lipinski definition) is 2. The minimum Gasteiger partial charge on any atom is -0.507 e. The molecule has 5 heteroatoms. The molecule has 1 aromatic rings. The van der Waals surface area contributed by atoms with Gasteiger partial charge in [0.25, 0.3) is 0 Å². The Morgan fingerprint density at radius 3 is 2.47 bits per heavy atom. The lowest BCUT2D eigenvalue weighted by atomic mass is 10.1. The van der Waals surface area contributed by atoms with Crippen LogP contribution in [-0.4, -0.2) is 19.6 Å². The molecular weight excluding hydrogens is 238 g/mol. The highest BCUT2D eigenvalue weighted by Gasteiger charge is 2.21. The van der Waals surface area contributed by atoms with Crippen LogP contribution in [0.5, 0.6) is 5.75 Å². The number of nitrogens with one attached hydrogen (secondary N) is 1. The topological polar surface area (TPSA) is 66.4 Å². The van der Waals surface area contributed by atoms with Gasteiger partial charge in [0.05, 0.1) is 0 Å². The van der Waals surface area contributed by atoms with Crippen molar-refractivity contribution >= 4 is 10.0 Å². The standard InChI is InChI=1S/C12H19NO3S/c1-3-7-10(4-2)13-17(15,16)12-9-6-5-8-11(12)14/h5-6,8-10,13-14H,3-4,7H2,1-2H3. The SMILES string of the molecule is CCCC(CC)NS(=O)(=O)c1ccccc1O. The van der Waals surface area contributed by atoms with Crippen LogP contribution >= 0.6 is 0 Å². The molecule has 1 aromatic carbocycles. The number of phenolic OH excluding ortho intramolecular Hbond substituents is 1. The normalized spacial score (nSPS) is 13.5. The summed E-state index contributed by atoms with van der Waals surface area (Å²) in [6, 6.07) is 5.88. The maximum Gasteiger partial charge on any atom is 0.244 e. The highest BCUT2D eigenvalue weighted by atomic mass is 32.2. The minimum atomic E-state index is -3.62. The van der Waals surface area contributed by atoms with Gasteiger partial charge in [0.2, 0.25) is 10.0 Å². The van der Waals surface area contributed by atoms with Crippen molar-refractivity contribution in [1.82, 2.24) is 4.72 Å². The van der Waals surface area contributed by atoms with Crippen molar-refractivity contribution < 1.29 is 13.5 Å². The van der Waals surface area contributed by atoms with E-state index in [0.29, 0.717) is 0 Å². The molecule has 1 unspecified atom stereocenters. The van der Waals surface area contributed by atoms with Crippen molar-refractivity contribution in [3.8, 4) is 5.75 Å². The number of hydrogen-bond acceptors (Lipinski definition) is 3. The van der Waals surface area contributed by atoms with Gasteiger partial charge in [-0.3, -0.25) is 0 Å². The van der Waals surface area contributed by atoms with E-state index in [4.69, 9.17) is 0 Å².